The average molecular weight is 578 g/mol. The van der Waals surface area contributed by atoms with Crippen molar-refractivity contribution in [2.45, 2.75) is 28.0 Å². The molecule has 0 N–H and O–H groups in total. The minimum atomic E-state index is -3.70. The van der Waals surface area contributed by atoms with Gasteiger partial charge in [-0.1, -0.05) is 6.92 Å². The molecule has 3 heterocycles. The van der Waals surface area contributed by atoms with Crippen LogP contribution in [0, 0.1) is 0 Å². The molecule has 0 radical (unpaired) electrons. The predicted molar refractivity (Wildman–Crippen MR) is 141 cm³/mol. The van der Waals surface area contributed by atoms with Crippen LogP contribution in [0.4, 0.5) is 10.6 Å². The van der Waals surface area contributed by atoms with Crippen molar-refractivity contribution in [3.05, 3.63) is 36.3 Å². The molecule has 9 nitrogen and oxygen atoms in total. The number of carbonyl (C=O) groups is 1. The molecule has 2 aliphatic heterocycles. The van der Waals surface area contributed by atoms with Gasteiger partial charge in [-0.25, -0.2) is 23.2 Å². The molecule has 0 saturated carbocycles. The van der Waals surface area contributed by atoms with Crippen LogP contribution in [0.2, 0.25) is 0 Å². The maximum Gasteiger partial charge on any atom is 0.320 e. The number of halogens is 2. The molecular formula is C21H26Cl2N6O3S3. The summed E-state index contributed by atoms with van der Waals surface area (Å²) < 4.78 is 27.7. The lowest BCUT2D eigenvalue weighted by Crippen LogP contribution is -2.57. The van der Waals surface area contributed by atoms with Gasteiger partial charge < -0.3 is 14.7 Å². The van der Waals surface area contributed by atoms with Crippen molar-refractivity contribution in [3.63, 3.8) is 0 Å². The Balaban J connectivity index is 1.33. The Labute approximate surface area is 223 Å². The van der Waals surface area contributed by atoms with Gasteiger partial charge in [0, 0.05) is 74.8 Å². The van der Waals surface area contributed by atoms with Crippen molar-refractivity contribution in [1.29, 1.82) is 0 Å². The summed E-state index contributed by atoms with van der Waals surface area (Å²) >= 11 is 0. The number of aryl methyl sites for hydroxylation is 1. The van der Waals surface area contributed by atoms with E-state index in [4.69, 9.17) is 21.4 Å². The van der Waals surface area contributed by atoms with E-state index in [-0.39, 0.29) is 24.0 Å². The maximum atomic E-state index is 13.2. The van der Waals surface area contributed by atoms with Crippen LogP contribution in [-0.4, -0.2) is 90.9 Å². The summed E-state index contributed by atoms with van der Waals surface area (Å²) in [5.41, 5.74) is 0. The highest BCUT2D eigenvalue weighted by atomic mass is 35.7. The van der Waals surface area contributed by atoms with Crippen LogP contribution in [0.25, 0.3) is 0 Å². The average Bonchev–Trinajstić information content (AvgIpc) is 2.92. The lowest BCUT2D eigenvalue weighted by molar-refractivity contribution is 0.132. The van der Waals surface area contributed by atoms with Crippen LogP contribution in [0.3, 0.4) is 0 Å². The number of amides is 2. The van der Waals surface area contributed by atoms with E-state index in [0.717, 1.165) is 40.0 Å². The molecule has 0 atom stereocenters. The molecule has 0 bridgehead atoms. The number of aromatic nitrogens is 2. The normalized spacial score (nSPS) is 17.6. The zero-order valence-electron chi connectivity index (χ0n) is 19.1. The molecule has 35 heavy (non-hydrogen) atoms. The first-order chi connectivity index (χ1) is 16.9. The Kier molecular flexibility index (Phi) is 8.93. The van der Waals surface area contributed by atoms with Gasteiger partial charge in [0.1, 0.15) is 11.6 Å². The molecule has 2 amide bonds. The van der Waals surface area contributed by atoms with Crippen LogP contribution in [0.5, 0.6) is 0 Å². The smallest absolute Gasteiger partial charge is 0.320 e. The van der Waals surface area contributed by atoms with Crippen molar-refractivity contribution in [3.8, 4) is 0 Å². The minimum Gasteiger partial charge on any atom is -0.353 e. The van der Waals surface area contributed by atoms with E-state index in [1.807, 2.05) is 17.9 Å². The maximum absolute atomic E-state index is 13.2. The second-order valence-corrected chi connectivity index (χ2v) is 12.1. The van der Waals surface area contributed by atoms with Crippen molar-refractivity contribution in [2.75, 3.05) is 57.3 Å². The van der Waals surface area contributed by atoms with Crippen molar-refractivity contribution < 1.29 is 13.2 Å². The molecule has 0 unspecified atom stereocenters. The number of sulfonamides is 1. The van der Waals surface area contributed by atoms with Gasteiger partial charge in [-0.2, -0.15) is 4.31 Å². The van der Waals surface area contributed by atoms with E-state index in [1.54, 1.807) is 17.2 Å². The van der Waals surface area contributed by atoms with Crippen LogP contribution in [-0.2, 0) is 16.4 Å². The fourth-order valence-corrected chi connectivity index (χ4v) is 7.51. The number of urea groups is 1. The molecule has 2 aromatic rings. The first-order valence-corrected chi connectivity index (χ1v) is 15.9. The van der Waals surface area contributed by atoms with Crippen molar-refractivity contribution in [2.24, 2.45) is 0 Å². The van der Waals surface area contributed by atoms with Gasteiger partial charge in [0.15, 0.2) is 0 Å². The van der Waals surface area contributed by atoms with Crippen molar-refractivity contribution in [1.82, 2.24) is 24.1 Å². The minimum absolute atomic E-state index is 0.0528. The fraction of sp³-hybridized carbons (Fsp3) is 0.476. The standard InChI is InChI=1S/C21H26Cl2N6O3S3/c1-2-19-24-6-5-20(25-19)26-7-9-27(10-8-26)21(30)28-11-13-29(14-12-28)35(31,32)16-3-4-17(33-22)18(15-16)34-23/h3-6,15H,2,7-14H2,1H3. The zero-order valence-corrected chi connectivity index (χ0v) is 23.1. The molecule has 14 heteroatoms. The van der Waals surface area contributed by atoms with Gasteiger partial charge >= 0.3 is 6.03 Å². The molecular weight excluding hydrogens is 551 g/mol. The van der Waals surface area contributed by atoms with E-state index >= 15 is 0 Å². The number of rotatable bonds is 6. The highest BCUT2D eigenvalue weighted by Gasteiger charge is 2.33. The number of hydrogen-bond acceptors (Lipinski definition) is 8. The number of piperazine rings is 2. The first-order valence-electron chi connectivity index (χ1n) is 11.2. The van der Waals surface area contributed by atoms with Crippen LogP contribution >= 0.6 is 43.3 Å². The monoisotopic (exact) mass is 576 g/mol. The summed E-state index contributed by atoms with van der Waals surface area (Å²) in [5, 5.41) is 0. The van der Waals surface area contributed by atoms with Crippen LogP contribution in [0.15, 0.2) is 45.1 Å². The second-order valence-electron chi connectivity index (χ2n) is 8.10. The van der Waals surface area contributed by atoms with E-state index in [9.17, 15) is 13.2 Å². The van der Waals surface area contributed by atoms with E-state index in [2.05, 4.69) is 14.9 Å². The third-order valence-corrected chi connectivity index (χ3v) is 10.2. The van der Waals surface area contributed by atoms with Gasteiger partial charge in [0.2, 0.25) is 10.0 Å². The van der Waals surface area contributed by atoms with E-state index in [1.165, 1.54) is 16.4 Å². The first kappa shape index (κ1) is 26.6. The summed E-state index contributed by atoms with van der Waals surface area (Å²) in [6.07, 6.45) is 2.55. The summed E-state index contributed by atoms with van der Waals surface area (Å²) in [6, 6.07) is 6.57. The molecule has 2 fully saturated rings. The van der Waals surface area contributed by atoms with E-state index < -0.39 is 10.0 Å². The molecule has 0 spiro atoms. The largest absolute Gasteiger partial charge is 0.353 e. The Hall–Kier alpha value is -1.44. The fourth-order valence-electron chi connectivity index (χ4n) is 4.10. The molecule has 4 rings (SSSR count). The Morgan fingerprint density at radius 3 is 2.17 bits per heavy atom. The quantitative estimate of drug-likeness (QED) is 0.513. The van der Waals surface area contributed by atoms with Gasteiger partial charge in [0.25, 0.3) is 0 Å². The highest BCUT2D eigenvalue weighted by Crippen LogP contribution is 2.37. The lowest BCUT2D eigenvalue weighted by Gasteiger charge is -2.40. The number of hydrogen-bond donors (Lipinski definition) is 0. The van der Waals surface area contributed by atoms with Crippen molar-refractivity contribution >= 4 is 65.2 Å². The topological polar surface area (TPSA) is 90.0 Å². The van der Waals surface area contributed by atoms with Crippen LogP contribution in [0.1, 0.15) is 12.7 Å². The highest BCUT2D eigenvalue weighted by molar-refractivity contribution is 8.23. The van der Waals surface area contributed by atoms with Gasteiger partial charge in [0.05, 0.1) is 4.90 Å². The Morgan fingerprint density at radius 1 is 0.943 bits per heavy atom. The molecule has 190 valence electrons. The molecule has 1 aromatic carbocycles. The van der Waals surface area contributed by atoms with Gasteiger partial charge in [-0.05, 0) is 67.6 Å². The molecule has 2 saturated heterocycles. The molecule has 0 aliphatic carbocycles. The Bertz CT molecular complexity index is 1160. The number of anilines is 1. The lowest BCUT2D eigenvalue weighted by atomic mass is 10.3. The van der Waals surface area contributed by atoms with E-state index in [0.29, 0.717) is 49.1 Å². The molecule has 1 aromatic heterocycles. The number of nitrogens with zero attached hydrogens (tertiary/aromatic N) is 6. The second kappa shape index (κ2) is 11.7. The number of carbonyl (C=O) groups excluding carboxylic acids is 1. The summed E-state index contributed by atoms with van der Waals surface area (Å²) in [5.74, 6) is 1.69. The third-order valence-electron chi connectivity index (χ3n) is 6.11. The summed E-state index contributed by atoms with van der Waals surface area (Å²) in [7, 11) is 9.93. The predicted octanol–water partition coefficient (Wildman–Crippen LogP) is 3.78. The Morgan fingerprint density at radius 2 is 1.57 bits per heavy atom. The van der Waals surface area contributed by atoms with Gasteiger partial charge in [-0.15, -0.1) is 0 Å². The van der Waals surface area contributed by atoms with Crippen LogP contribution < -0.4 is 4.90 Å². The number of benzene rings is 1. The van der Waals surface area contributed by atoms with Gasteiger partial charge in [-0.3, -0.25) is 0 Å². The molecule has 2 aliphatic rings. The summed E-state index contributed by atoms with van der Waals surface area (Å²) in [6.45, 7) is 5.75. The third kappa shape index (κ3) is 5.94. The zero-order chi connectivity index (χ0) is 25.0. The summed E-state index contributed by atoms with van der Waals surface area (Å²) in [4.78, 5) is 29.1. The SMILES string of the molecule is CCc1nccc(N2CCN(C(=O)N3CCN(S(=O)(=O)c4ccc(SCl)c(SCl)c4)CC3)CC2)n1.